The van der Waals surface area contributed by atoms with Gasteiger partial charge in [0.05, 0.1) is 16.8 Å². The van der Waals surface area contributed by atoms with Gasteiger partial charge >= 0.3 is 0 Å². The van der Waals surface area contributed by atoms with Gasteiger partial charge in [0.2, 0.25) is 10.0 Å². The number of nitrogens with two attached hydrogens (primary N) is 1. The number of hydrogen-bond donors (Lipinski definition) is 2. The Morgan fingerprint density at radius 2 is 1.94 bits per heavy atom. The number of primary amides is 1. The average molecular weight is 469 g/mol. The van der Waals surface area contributed by atoms with Crippen LogP contribution in [-0.4, -0.2) is 47.4 Å². The van der Waals surface area contributed by atoms with Gasteiger partial charge in [-0.3, -0.25) is 9.78 Å². The monoisotopic (exact) mass is 468 g/mol. The van der Waals surface area contributed by atoms with E-state index in [1.54, 1.807) is 11.2 Å². The lowest BCUT2D eigenvalue weighted by atomic mass is 9.88. The molecule has 7 nitrogen and oxygen atoms in total. The van der Waals surface area contributed by atoms with Crippen molar-refractivity contribution in [1.82, 2.24) is 14.3 Å². The van der Waals surface area contributed by atoms with E-state index in [2.05, 4.69) is 29.9 Å². The molecule has 1 aliphatic heterocycles. The fourth-order valence-corrected chi connectivity index (χ4v) is 5.85. The van der Waals surface area contributed by atoms with E-state index in [1.165, 1.54) is 0 Å². The van der Waals surface area contributed by atoms with E-state index in [-0.39, 0.29) is 11.7 Å². The molecule has 3 heterocycles. The summed E-state index contributed by atoms with van der Waals surface area (Å²) in [6, 6.07) is 7.98. The van der Waals surface area contributed by atoms with Crippen LogP contribution in [0.5, 0.6) is 0 Å². The van der Waals surface area contributed by atoms with Gasteiger partial charge in [-0.2, -0.15) is 0 Å². The number of amides is 1. The second-order valence-corrected chi connectivity index (χ2v) is 11.5. The molecule has 2 aromatic heterocycles. The van der Waals surface area contributed by atoms with Crippen LogP contribution in [0, 0.1) is 5.92 Å². The van der Waals surface area contributed by atoms with Crippen molar-refractivity contribution in [3.05, 3.63) is 53.5 Å². The molecule has 8 heteroatoms. The van der Waals surface area contributed by atoms with Gasteiger partial charge in [0.15, 0.2) is 0 Å². The van der Waals surface area contributed by atoms with Gasteiger partial charge in [0, 0.05) is 42.1 Å². The molecule has 1 aromatic carbocycles. The second-order valence-electron chi connectivity index (χ2n) is 9.26. The highest BCUT2D eigenvalue weighted by atomic mass is 32.2. The van der Waals surface area contributed by atoms with E-state index in [0.717, 1.165) is 52.5 Å². The summed E-state index contributed by atoms with van der Waals surface area (Å²) >= 11 is 0. The molecule has 176 valence electrons. The molecule has 0 atom stereocenters. The Bertz CT molecular complexity index is 1250. The first-order valence-electron chi connectivity index (χ1n) is 11.6. The maximum Gasteiger partial charge on any atom is 0.250 e. The smallest absolute Gasteiger partial charge is 0.250 e. The first-order chi connectivity index (χ1) is 15.7. The van der Waals surface area contributed by atoms with Gasteiger partial charge in [0.1, 0.15) is 0 Å². The summed E-state index contributed by atoms with van der Waals surface area (Å²) < 4.78 is 26.0. The number of aromatic amines is 1. The minimum Gasteiger partial charge on any atom is -0.366 e. The Morgan fingerprint density at radius 1 is 1.21 bits per heavy atom. The Morgan fingerprint density at radius 3 is 2.52 bits per heavy atom. The number of carbonyl (C=O) groups excluding carboxylic acids is 1. The summed E-state index contributed by atoms with van der Waals surface area (Å²) in [5.41, 5.74) is 10.9. The Balaban J connectivity index is 1.69. The van der Waals surface area contributed by atoms with Crippen molar-refractivity contribution >= 4 is 26.8 Å². The maximum atomic E-state index is 12.3. The molecule has 0 radical (unpaired) electrons. The van der Waals surface area contributed by atoms with Crippen LogP contribution >= 0.6 is 0 Å². The predicted molar refractivity (Wildman–Crippen MR) is 132 cm³/mol. The summed E-state index contributed by atoms with van der Waals surface area (Å²) in [6.45, 7) is 7.03. The molecule has 3 N–H and O–H groups in total. The number of hydrogen-bond acceptors (Lipinski definition) is 4. The van der Waals surface area contributed by atoms with E-state index >= 15 is 0 Å². The molecule has 4 rings (SSSR count). The van der Waals surface area contributed by atoms with Crippen molar-refractivity contribution in [2.75, 3.05) is 18.8 Å². The van der Waals surface area contributed by atoms with E-state index in [4.69, 9.17) is 5.73 Å². The SMILES string of the molecule is CCS(=O)(=O)N1CCC(c2c[nH]c3c(C(N)=O)cc(-c4ccc(CC(C)C)nc4)cc23)CC1. The normalized spacial score (nSPS) is 16.0. The number of fused-ring (bicyclic) bond motifs is 1. The molecule has 1 saturated heterocycles. The molecular weight excluding hydrogens is 436 g/mol. The Hall–Kier alpha value is -2.71. The Labute approximate surface area is 195 Å². The zero-order valence-electron chi connectivity index (χ0n) is 19.5. The third-order valence-electron chi connectivity index (χ3n) is 6.51. The minimum absolute atomic E-state index is 0.125. The van der Waals surface area contributed by atoms with Crippen LogP contribution in [0.3, 0.4) is 0 Å². The number of aromatic nitrogens is 2. The number of carbonyl (C=O) groups is 1. The highest BCUT2D eigenvalue weighted by Gasteiger charge is 2.29. The van der Waals surface area contributed by atoms with Crippen LogP contribution in [0.4, 0.5) is 0 Å². The zero-order valence-corrected chi connectivity index (χ0v) is 20.3. The number of sulfonamides is 1. The van der Waals surface area contributed by atoms with E-state index in [0.29, 0.717) is 24.6 Å². The molecule has 33 heavy (non-hydrogen) atoms. The van der Waals surface area contributed by atoms with E-state index < -0.39 is 15.9 Å². The number of piperidine rings is 1. The number of benzene rings is 1. The van der Waals surface area contributed by atoms with Crippen LogP contribution in [0.1, 0.15) is 61.1 Å². The van der Waals surface area contributed by atoms with Crippen molar-refractivity contribution in [1.29, 1.82) is 0 Å². The van der Waals surface area contributed by atoms with Crippen molar-refractivity contribution in [2.24, 2.45) is 11.7 Å². The van der Waals surface area contributed by atoms with Gasteiger partial charge in [0.25, 0.3) is 5.91 Å². The molecule has 1 amide bonds. The fourth-order valence-electron chi connectivity index (χ4n) is 4.71. The number of H-pyrrole nitrogens is 1. The third-order valence-corrected chi connectivity index (χ3v) is 8.40. The van der Waals surface area contributed by atoms with Crippen LogP contribution in [0.15, 0.2) is 36.7 Å². The highest BCUT2D eigenvalue weighted by Crippen LogP contribution is 2.37. The van der Waals surface area contributed by atoms with Gasteiger partial charge in [-0.05, 0) is 67.3 Å². The van der Waals surface area contributed by atoms with Crippen LogP contribution in [-0.2, 0) is 16.4 Å². The number of rotatable bonds is 7. The maximum absolute atomic E-state index is 12.3. The van der Waals surface area contributed by atoms with E-state index in [1.807, 2.05) is 30.6 Å². The molecule has 3 aromatic rings. The van der Waals surface area contributed by atoms with E-state index in [9.17, 15) is 13.2 Å². The Kier molecular flexibility index (Phi) is 6.59. The topological polar surface area (TPSA) is 109 Å². The number of nitrogens with one attached hydrogen (secondary N) is 1. The predicted octanol–water partition coefficient (Wildman–Crippen LogP) is 4.06. The summed E-state index contributed by atoms with van der Waals surface area (Å²) in [5, 5.41) is 0.962. The largest absolute Gasteiger partial charge is 0.366 e. The lowest BCUT2D eigenvalue weighted by Crippen LogP contribution is -2.38. The molecular formula is C25H32N4O3S. The molecule has 0 saturated carbocycles. The number of nitrogens with zero attached hydrogens (tertiary/aromatic N) is 2. The summed E-state index contributed by atoms with van der Waals surface area (Å²) in [6.07, 6.45) is 6.20. The minimum atomic E-state index is -3.17. The van der Waals surface area contributed by atoms with Gasteiger partial charge < -0.3 is 10.7 Å². The summed E-state index contributed by atoms with van der Waals surface area (Å²) in [4.78, 5) is 20.1. The first-order valence-corrected chi connectivity index (χ1v) is 13.2. The van der Waals surface area contributed by atoms with Crippen molar-refractivity contribution < 1.29 is 13.2 Å². The standard InChI is InChI=1S/C25H32N4O3S/c1-4-33(31,32)29-9-7-17(8-10-29)23-15-28-24-21(23)12-19(13-22(24)25(26)30)18-5-6-20(27-14-18)11-16(2)3/h5-6,12-17,28H,4,7-11H2,1-3H3,(H2,26,30). The highest BCUT2D eigenvalue weighted by molar-refractivity contribution is 7.89. The quantitative estimate of drug-likeness (QED) is 0.545. The zero-order chi connectivity index (χ0) is 23.8. The van der Waals surface area contributed by atoms with Gasteiger partial charge in [-0.15, -0.1) is 0 Å². The van der Waals surface area contributed by atoms with Crippen LogP contribution < -0.4 is 5.73 Å². The van der Waals surface area contributed by atoms with Crippen molar-refractivity contribution in [3.63, 3.8) is 0 Å². The molecule has 0 aliphatic carbocycles. The first kappa shape index (κ1) is 23.4. The lowest BCUT2D eigenvalue weighted by Gasteiger charge is -2.31. The van der Waals surface area contributed by atoms with Crippen molar-refractivity contribution in [3.8, 4) is 11.1 Å². The van der Waals surface area contributed by atoms with Gasteiger partial charge in [-0.25, -0.2) is 12.7 Å². The molecule has 0 unspecified atom stereocenters. The second kappa shape index (κ2) is 9.27. The fraction of sp³-hybridized carbons (Fsp3) is 0.440. The molecule has 1 fully saturated rings. The lowest BCUT2D eigenvalue weighted by molar-refractivity contribution is 0.100. The van der Waals surface area contributed by atoms with Crippen molar-refractivity contribution in [2.45, 2.75) is 46.0 Å². The van der Waals surface area contributed by atoms with Crippen LogP contribution in [0.2, 0.25) is 0 Å². The number of pyridine rings is 1. The average Bonchev–Trinajstić information content (AvgIpc) is 3.22. The molecule has 0 bridgehead atoms. The third kappa shape index (κ3) is 4.82. The van der Waals surface area contributed by atoms with Crippen LogP contribution in [0.25, 0.3) is 22.0 Å². The summed E-state index contributed by atoms with van der Waals surface area (Å²) in [7, 11) is -3.17. The molecule has 0 spiro atoms. The summed E-state index contributed by atoms with van der Waals surface area (Å²) in [5.74, 6) is 0.385. The molecule has 1 aliphatic rings. The van der Waals surface area contributed by atoms with Gasteiger partial charge in [-0.1, -0.05) is 19.9 Å².